The van der Waals surface area contributed by atoms with Crippen LogP contribution in [0.5, 0.6) is 0 Å². The van der Waals surface area contributed by atoms with Crippen LogP contribution in [-0.4, -0.2) is 15.9 Å². The Labute approximate surface area is 122 Å². The molecule has 1 amide bonds. The van der Waals surface area contributed by atoms with Crippen molar-refractivity contribution in [3.8, 4) is 0 Å². The molecule has 0 aromatic carbocycles. The number of rotatable bonds is 2. The molecule has 3 rings (SSSR count). The van der Waals surface area contributed by atoms with Crippen molar-refractivity contribution in [2.24, 2.45) is 22.4 Å². The van der Waals surface area contributed by atoms with Crippen LogP contribution in [0.2, 0.25) is 0 Å². The highest BCUT2D eigenvalue weighted by atomic mass is 35.6. The van der Waals surface area contributed by atoms with E-state index in [1.807, 2.05) is 0 Å². The van der Waals surface area contributed by atoms with Crippen molar-refractivity contribution < 1.29 is 4.79 Å². The molecule has 2 bridgehead atoms. The minimum Gasteiger partial charge on any atom is -0.268 e. The average Bonchev–Trinajstić information content (AvgIpc) is 2.27. The first-order valence-corrected chi connectivity index (χ1v) is 6.96. The third-order valence-electron chi connectivity index (χ3n) is 4.15. The number of nitrogens with zero attached hydrogens (tertiary/aromatic N) is 1. The molecule has 1 N–H and O–H groups in total. The second-order valence-corrected chi connectivity index (χ2v) is 7.72. The van der Waals surface area contributed by atoms with Gasteiger partial charge in [-0.15, -0.1) is 0 Å². The number of alkyl halides is 3. The van der Waals surface area contributed by atoms with Gasteiger partial charge in [-0.3, -0.25) is 4.79 Å². The van der Waals surface area contributed by atoms with E-state index in [1.54, 1.807) is 6.21 Å². The second kappa shape index (κ2) is 4.69. The molecule has 2 atom stereocenters. The summed E-state index contributed by atoms with van der Waals surface area (Å²) < 4.78 is -1.97. The van der Waals surface area contributed by atoms with E-state index in [0.717, 1.165) is 17.9 Å². The molecule has 3 aliphatic carbocycles. The largest absolute Gasteiger partial charge is 0.292 e. The summed E-state index contributed by atoms with van der Waals surface area (Å²) in [4.78, 5) is 11.3. The van der Waals surface area contributed by atoms with Crippen LogP contribution in [-0.2, 0) is 4.79 Å². The Morgan fingerprint density at radius 2 is 2.22 bits per heavy atom. The van der Waals surface area contributed by atoms with Gasteiger partial charge in [0.25, 0.3) is 9.70 Å². The van der Waals surface area contributed by atoms with Crippen molar-refractivity contribution >= 4 is 46.9 Å². The summed E-state index contributed by atoms with van der Waals surface area (Å²) >= 11 is 16.3. The number of hydrogen-bond donors (Lipinski definition) is 1. The lowest BCUT2D eigenvalue weighted by Gasteiger charge is -2.55. The number of fused-ring (bicyclic) bond motifs is 1. The normalized spacial score (nSPS) is 29.7. The SMILES string of the molecule is CC1(C)[C@H]2CC=C(/C=N/NC(=O)C(Cl)(Cl)Cl)[C@@H]1C2. The number of carbonyl (C=O) groups is 1. The van der Waals surface area contributed by atoms with Gasteiger partial charge in [-0.2, -0.15) is 5.10 Å². The number of hydrazone groups is 1. The zero-order valence-corrected chi connectivity index (χ0v) is 12.5. The summed E-state index contributed by atoms with van der Waals surface area (Å²) in [5, 5.41) is 3.86. The molecule has 0 heterocycles. The highest BCUT2D eigenvalue weighted by molar-refractivity contribution is 6.76. The molecule has 0 aliphatic heterocycles. The number of carbonyl (C=O) groups excluding carboxylic acids is 1. The van der Waals surface area contributed by atoms with Gasteiger partial charge in [0.1, 0.15) is 0 Å². The van der Waals surface area contributed by atoms with E-state index >= 15 is 0 Å². The van der Waals surface area contributed by atoms with E-state index < -0.39 is 9.70 Å². The van der Waals surface area contributed by atoms with Crippen LogP contribution in [0.15, 0.2) is 16.8 Å². The summed E-state index contributed by atoms with van der Waals surface area (Å²) in [6, 6.07) is 0. The number of allylic oxidation sites excluding steroid dienone is 2. The number of halogens is 3. The van der Waals surface area contributed by atoms with Crippen molar-refractivity contribution in [1.29, 1.82) is 0 Å². The van der Waals surface area contributed by atoms with Crippen LogP contribution >= 0.6 is 34.8 Å². The van der Waals surface area contributed by atoms with Crippen molar-refractivity contribution in [1.82, 2.24) is 5.43 Å². The van der Waals surface area contributed by atoms with Crippen molar-refractivity contribution in [3.63, 3.8) is 0 Å². The highest BCUT2D eigenvalue weighted by Gasteiger charge is 2.50. The molecule has 6 heteroatoms. The minimum atomic E-state index is -1.97. The van der Waals surface area contributed by atoms with E-state index in [0.29, 0.717) is 11.3 Å². The summed E-state index contributed by atoms with van der Waals surface area (Å²) in [6.07, 6.45) is 6.11. The molecule has 0 aromatic heterocycles. The molecule has 0 saturated heterocycles. The lowest BCUT2D eigenvalue weighted by molar-refractivity contribution is -0.120. The fourth-order valence-electron chi connectivity index (χ4n) is 2.77. The molecule has 0 radical (unpaired) electrons. The third-order valence-corrected chi connectivity index (χ3v) is 4.66. The molecule has 1 fully saturated rings. The Balaban J connectivity index is 1.95. The van der Waals surface area contributed by atoms with Crippen LogP contribution < -0.4 is 5.43 Å². The first-order chi connectivity index (χ1) is 8.23. The van der Waals surface area contributed by atoms with E-state index in [2.05, 4.69) is 30.5 Å². The number of nitrogens with one attached hydrogen (secondary N) is 1. The van der Waals surface area contributed by atoms with Gasteiger partial charge in [-0.05, 0) is 35.7 Å². The molecule has 100 valence electrons. The van der Waals surface area contributed by atoms with E-state index in [-0.39, 0.29) is 0 Å². The fraction of sp³-hybridized carbons (Fsp3) is 0.667. The smallest absolute Gasteiger partial charge is 0.268 e. The molecule has 0 aromatic rings. The van der Waals surface area contributed by atoms with Crippen molar-refractivity contribution in [3.05, 3.63) is 11.6 Å². The summed E-state index contributed by atoms with van der Waals surface area (Å²) in [6.45, 7) is 4.54. The van der Waals surface area contributed by atoms with Gasteiger partial charge in [0, 0.05) is 0 Å². The van der Waals surface area contributed by atoms with E-state index in [1.165, 1.54) is 6.42 Å². The molecule has 3 nitrogen and oxygen atoms in total. The maximum atomic E-state index is 11.3. The molecule has 3 aliphatic rings. The quantitative estimate of drug-likeness (QED) is 0.474. The minimum absolute atomic E-state index is 0.329. The Morgan fingerprint density at radius 1 is 1.56 bits per heavy atom. The molecular formula is C12H15Cl3N2O. The standard InChI is InChI=1S/C12H15Cl3N2O/c1-11(2)8-4-3-7(9(11)5-8)6-16-17-10(18)12(13,14)15/h3,6,8-9H,4-5H2,1-2H3,(H,17,18)/b16-6+/t8-,9-/m0/s1. The highest BCUT2D eigenvalue weighted by Crippen LogP contribution is 2.58. The summed E-state index contributed by atoms with van der Waals surface area (Å²) in [5.41, 5.74) is 3.72. The lowest BCUT2D eigenvalue weighted by Crippen LogP contribution is -2.48. The Kier molecular flexibility index (Phi) is 3.69. The third kappa shape index (κ3) is 2.54. The Hall–Kier alpha value is -0.250. The van der Waals surface area contributed by atoms with Crippen LogP contribution in [0.4, 0.5) is 0 Å². The lowest BCUT2D eigenvalue weighted by atomic mass is 9.49. The van der Waals surface area contributed by atoms with Crippen LogP contribution in [0, 0.1) is 17.3 Å². The first kappa shape index (κ1) is 14.2. The van der Waals surface area contributed by atoms with E-state index in [9.17, 15) is 4.79 Å². The zero-order valence-electron chi connectivity index (χ0n) is 10.2. The van der Waals surface area contributed by atoms with Gasteiger partial charge < -0.3 is 0 Å². The van der Waals surface area contributed by atoms with Crippen LogP contribution in [0.25, 0.3) is 0 Å². The predicted octanol–water partition coefficient (Wildman–Crippen LogP) is 3.45. The molecule has 0 unspecified atom stereocenters. The van der Waals surface area contributed by atoms with Gasteiger partial charge in [-0.25, -0.2) is 5.43 Å². The van der Waals surface area contributed by atoms with Gasteiger partial charge in [-0.1, -0.05) is 54.7 Å². The van der Waals surface area contributed by atoms with Crippen molar-refractivity contribution in [2.45, 2.75) is 30.5 Å². The van der Waals surface area contributed by atoms with Gasteiger partial charge in [0.15, 0.2) is 0 Å². The fourth-order valence-corrected chi connectivity index (χ4v) is 2.90. The van der Waals surface area contributed by atoms with Crippen LogP contribution in [0.3, 0.4) is 0 Å². The van der Waals surface area contributed by atoms with Crippen LogP contribution in [0.1, 0.15) is 26.7 Å². The first-order valence-electron chi connectivity index (χ1n) is 5.83. The summed E-state index contributed by atoms with van der Waals surface area (Å²) in [5.74, 6) is 0.547. The number of hydrogen-bond acceptors (Lipinski definition) is 2. The van der Waals surface area contributed by atoms with E-state index in [4.69, 9.17) is 34.8 Å². The summed E-state index contributed by atoms with van der Waals surface area (Å²) in [7, 11) is 0. The Morgan fingerprint density at radius 3 is 2.72 bits per heavy atom. The average molecular weight is 310 g/mol. The zero-order chi connectivity index (χ0) is 13.6. The predicted molar refractivity (Wildman–Crippen MR) is 75.0 cm³/mol. The topological polar surface area (TPSA) is 41.5 Å². The molecule has 18 heavy (non-hydrogen) atoms. The second-order valence-electron chi connectivity index (χ2n) is 5.44. The molecular weight excluding hydrogens is 295 g/mol. The number of amides is 1. The van der Waals surface area contributed by atoms with Gasteiger partial charge in [0.05, 0.1) is 6.21 Å². The maximum Gasteiger partial charge on any atom is 0.292 e. The van der Waals surface area contributed by atoms with Gasteiger partial charge >= 0.3 is 0 Å². The maximum absolute atomic E-state index is 11.3. The molecule has 0 spiro atoms. The van der Waals surface area contributed by atoms with Gasteiger partial charge in [0.2, 0.25) is 0 Å². The monoisotopic (exact) mass is 308 g/mol. The molecule has 1 saturated carbocycles. The Bertz CT molecular complexity index is 424. The van der Waals surface area contributed by atoms with Crippen molar-refractivity contribution in [2.75, 3.05) is 0 Å².